The van der Waals surface area contributed by atoms with Gasteiger partial charge in [0, 0.05) is 0 Å². The normalized spacial score (nSPS) is 16.5. The molecule has 2 aromatic carbocycles. The Morgan fingerprint density at radius 2 is 1.88 bits per heavy atom. The maximum absolute atomic E-state index is 5.60. The molecule has 3 N–H and O–H groups in total. The van der Waals surface area contributed by atoms with Crippen LogP contribution in [0.5, 0.6) is 5.75 Å². The van der Waals surface area contributed by atoms with Crippen LogP contribution in [0.1, 0.15) is 23.6 Å². The summed E-state index contributed by atoms with van der Waals surface area (Å²) in [6.45, 7) is 4.61. The summed E-state index contributed by atoms with van der Waals surface area (Å²) in [4.78, 5) is 5.44. The number of ether oxygens (including phenoxy) is 2. The van der Waals surface area contributed by atoms with Crippen LogP contribution in [0.3, 0.4) is 0 Å². The van der Waals surface area contributed by atoms with E-state index in [1.807, 2.05) is 43.3 Å². The van der Waals surface area contributed by atoms with Crippen LogP contribution >= 0.6 is 0 Å². The third-order valence-electron chi connectivity index (χ3n) is 3.77. The Morgan fingerprint density at radius 1 is 1.15 bits per heavy atom. The average Bonchev–Trinajstić information content (AvgIpc) is 3.07. The number of oxime groups is 1. The molecular formula is C19H22N4O3. The van der Waals surface area contributed by atoms with Crippen LogP contribution in [-0.2, 0) is 16.2 Å². The zero-order chi connectivity index (χ0) is 18.4. The molecule has 1 aliphatic rings. The Hall–Kier alpha value is -3.06. The summed E-state index contributed by atoms with van der Waals surface area (Å²) in [5.74, 6) is 1.12. The number of nitrogens with one attached hydrogen (secondary N) is 1. The SMILES string of the molecule is C/C(=N\OCc1ccc(C)cc1)c1ccc(OCC2=NNC(N)O2)cc1. The first-order valence-corrected chi connectivity index (χ1v) is 8.30. The van der Waals surface area contributed by atoms with E-state index in [9.17, 15) is 0 Å². The second-order valence-corrected chi connectivity index (χ2v) is 5.92. The van der Waals surface area contributed by atoms with Crippen LogP contribution in [0.25, 0.3) is 0 Å². The summed E-state index contributed by atoms with van der Waals surface area (Å²) in [6.07, 6.45) is -0.602. The van der Waals surface area contributed by atoms with Crippen LogP contribution in [-0.4, -0.2) is 24.6 Å². The fourth-order valence-electron chi connectivity index (χ4n) is 2.28. The van der Waals surface area contributed by atoms with E-state index < -0.39 is 6.35 Å². The Morgan fingerprint density at radius 3 is 2.54 bits per heavy atom. The largest absolute Gasteiger partial charge is 0.484 e. The molecule has 0 saturated heterocycles. The van der Waals surface area contributed by atoms with E-state index in [-0.39, 0.29) is 6.61 Å². The van der Waals surface area contributed by atoms with E-state index in [0.29, 0.717) is 18.3 Å². The molecular weight excluding hydrogens is 332 g/mol. The second-order valence-electron chi connectivity index (χ2n) is 5.92. The third kappa shape index (κ3) is 4.97. The Balaban J connectivity index is 1.49. The molecule has 0 aromatic heterocycles. The molecule has 136 valence electrons. The van der Waals surface area contributed by atoms with Gasteiger partial charge >= 0.3 is 0 Å². The van der Waals surface area contributed by atoms with Crippen molar-refractivity contribution in [2.75, 3.05) is 6.61 Å². The molecule has 3 rings (SSSR count). The highest BCUT2D eigenvalue weighted by Crippen LogP contribution is 2.14. The van der Waals surface area contributed by atoms with Gasteiger partial charge in [-0.2, -0.15) is 0 Å². The molecule has 0 saturated carbocycles. The van der Waals surface area contributed by atoms with Crippen LogP contribution in [0.15, 0.2) is 58.8 Å². The molecule has 1 aliphatic heterocycles. The molecule has 7 nitrogen and oxygen atoms in total. The van der Waals surface area contributed by atoms with Crippen LogP contribution in [0, 0.1) is 6.92 Å². The number of hydrogen-bond donors (Lipinski definition) is 2. The van der Waals surface area contributed by atoms with E-state index in [1.54, 1.807) is 0 Å². The molecule has 1 heterocycles. The standard InChI is InChI=1S/C19H22N4O3/c1-13-3-5-15(6-4-13)11-25-23-14(2)16-7-9-17(10-8-16)24-12-18-21-22-19(20)26-18/h3-10,19,22H,11-12,20H2,1-2H3/b23-14+. The van der Waals surface area contributed by atoms with Gasteiger partial charge in [-0.15, -0.1) is 5.10 Å². The summed E-state index contributed by atoms with van der Waals surface area (Å²) in [5, 5.41) is 8.07. The van der Waals surface area contributed by atoms with Gasteiger partial charge in [-0.3, -0.25) is 11.2 Å². The zero-order valence-electron chi connectivity index (χ0n) is 14.8. The first kappa shape index (κ1) is 17.8. The van der Waals surface area contributed by atoms with Crippen molar-refractivity contribution in [2.45, 2.75) is 26.8 Å². The Kier molecular flexibility index (Phi) is 5.70. The lowest BCUT2D eigenvalue weighted by molar-refractivity contribution is 0.130. The molecule has 2 aromatic rings. The molecule has 26 heavy (non-hydrogen) atoms. The maximum Gasteiger partial charge on any atom is 0.247 e. The van der Waals surface area contributed by atoms with Crippen LogP contribution in [0.4, 0.5) is 0 Å². The quantitative estimate of drug-likeness (QED) is 0.589. The van der Waals surface area contributed by atoms with E-state index in [2.05, 4.69) is 34.7 Å². The van der Waals surface area contributed by atoms with Gasteiger partial charge in [0.15, 0.2) is 6.61 Å². The first-order valence-electron chi connectivity index (χ1n) is 8.30. The van der Waals surface area contributed by atoms with E-state index >= 15 is 0 Å². The highest BCUT2D eigenvalue weighted by atomic mass is 16.6. The van der Waals surface area contributed by atoms with Crippen molar-refractivity contribution < 1.29 is 14.3 Å². The third-order valence-corrected chi connectivity index (χ3v) is 3.77. The lowest BCUT2D eigenvalue weighted by Gasteiger charge is -2.08. The molecule has 0 aliphatic carbocycles. The summed E-state index contributed by atoms with van der Waals surface area (Å²) in [6, 6.07) is 15.7. The molecule has 0 spiro atoms. The molecule has 0 bridgehead atoms. The number of hydrazone groups is 1. The summed E-state index contributed by atoms with van der Waals surface area (Å²) < 4.78 is 10.8. The van der Waals surface area contributed by atoms with Gasteiger partial charge in [-0.05, 0) is 49.2 Å². The minimum atomic E-state index is -0.602. The molecule has 0 fully saturated rings. The van der Waals surface area contributed by atoms with Gasteiger partial charge in [0.25, 0.3) is 0 Å². The van der Waals surface area contributed by atoms with Crippen LogP contribution in [0.2, 0.25) is 0 Å². The predicted octanol–water partition coefficient (Wildman–Crippen LogP) is 2.49. The number of hydrogen-bond acceptors (Lipinski definition) is 7. The fourth-order valence-corrected chi connectivity index (χ4v) is 2.28. The molecule has 7 heteroatoms. The van der Waals surface area contributed by atoms with Crippen LogP contribution < -0.4 is 15.9 Å². The lowest BCUT2D eigenvalue weighted by Crippen LogP contribution is -2.32. The number of nitrogens with two attached hydrogens (primary N) is 1. The molecule has 1 atom stereocenters. The van der Waals surface area contributed by atoms with Crippen molar-refractivity contribution in [3.63, 3.8) is 0 Å². The molecule has 0 radical (unpaired) electrons. The van der Waals surface area contributed by atoms with Gasteiger partial charge < -0.3 is 14.3 Å². The Bertz CT molecular complexity index is 785. The van der Waals surface area contributed by atoms with Crippen molar-refractivity contribution in [3.05, 3.63) is 65.2 Å². The van der Waals surface area contributed by atoms with Crippen molar-refractivity contribution in [3.8, 4) is 5.75 Å². The monoisotopic (exact) mass is 354 g/mol. The van der Waals surface area contributed by atoms with Gasteiger partial charge in [-0.1, -0.05) is 35.0 Å². The maximum atomic E-state index is 5.60. The number of rotatable bonds is 7. The summed E-state index contributed by atoms with van der Waals surface area (Å²) in [7, 11) is 0. The van der Waals surface area contributed by atoms with E-state index in [4.69, 9.17) is 20.0 Å². The van der Waals surface area contributed by atoms with Gasteiger partial charge in [0.05, 0.1) is 5.71 Å². The molecule has 1 unspecified atom stereocenters. The summed E-state index contributed by atoms with van der Waals surface area (Å²) in [5.41, 5.74) is 12.2. The molecule has 0 amide bonds. The van der Waals surface area contributed by atoms with E-state index in [0.717, 1.165) is 16.8 Å². The topological polar surface area (TPSA) is 90.5 Å². The summed E-state index contributed by atoms with van der Waals surface area (Å²) >= 11 is 0. The number of nitrogens with zero attached hydrogens (tertiary/aromatic N) is 2. The van der Waals surface area contributed by atoms with Crippen molar-refractivity contribution in [2.24, 2.45) is 16.0 Å². The van der Waals surface area contributed by atoms with Gasteiger partial charge in [0.2, 0.25) is 12.2 Å². The zero-order valence-corrected chi connectivity index (χ0v) is 14.8. The second kappa shape index (κ2) is 8.35. The van der Waals surface area contributed by atoms with Crippen molar-refractivity contribution in [1.82, 2.24) is 5.43 Å². The number of aryl methyl sites for hydroxylation is 1. The van der Waals surface area contributed by atoms with Gasteiger partial charge in [0.1, 0.15) is 12.4 Å². The minimum absolute atomic E-state index is 0.215. The smallest absolute Gasteiger partial charge is 0.247 e. The minimum Gasteiger partial charge on any atom is -0.484 e. The average molecular weight is 354 g/mol. The fraction of sp³-hybridized carbons (Fsp3) is 0.263. The van der Waals surface area contributed by atoms with Crippen molar-refractivity contribution >= 4 is 11.6 Å². The lowest BCUT2D eigenvalue weighted by atomic mass is 10.1. The van der Waals surface area contributed by atoms with Gasteiger partial charge in [-0.25, -0.2) is 0 Å². The highest BCUT2D eigenvalue weighted by molar-refractivity contribution is 5.98. The first-order chi connectivity index (χ1) is 12.6. The van der Waals surface area contributed by atoms with E-state index in [1.165, 1.54) is 5.56 Å². The predicted molar refractivity (Wildman–Crippen MR) is 99.7 cm³/mol. The Labute approximate surface area is 152 Å². The number of benzene rings is 2. The van der Waals surface area contributed by atoms with Crippen molar-refractivity contribution in [1.29, 1.82) is 0 Å². The highest BCUT2D eigenvalue weighted by Gasteiger charge is 2.14.